The summed E-state index contributed by atoms with van der Waals surface area (Å²) in [5.74, 6) is -0.553. The molecule has 7 heteroatoms. The van der Waals surface area contributed by atoms with Crippen molar-refractivity contribution in [2.45, 2.75) is 26.7 Å². The van der Waals surface area contributed by atoms with E-state index >= 15 is 0 Å². The summed E-state index contributed by atoms with van der Waals surface area (Å²) in [6, 6.07) is 3.41. The van der Waals surface area contributed by atoms with E-state index in [2.05, 4.69) is 4.99 Å². The average Bonchev–Trinajstić information content (AvgIpc) is 2.38. The lowest BCUT2D eigenvalue weighted by Gasteiger charge is -2.28. The van der Waals surface area contributed by atoms with Crippen LogP contribution in [0.15, 0.2) is 34.5 Å². The van der Waals surface area contributed by atoms with E-state index in [-0.39, 0.29) is 46.1 Å². The van der Waals surface area contributed by atoms with Crippen molar-refractivity contribution < 1.29 is 19.9 Å². The molecule has 22 heavy (non-hydrogen) atoms. The number of nitrogens with zero attached hydrogens (tertiary/aromatic N) is 2. The number of phenolic OH excluding ortho intramolecular Hbond substituents is 1. The molecule has 0 saturated heterocycles. The Labute approximate surface area is 126 Å². The Hall–Kier alpha value is -2.70. The number of benzene rings is 1. The topological polar surface area (TPSA) is 113 Å². The van der Waals surface area contributed by atoms with Crippen molar-refractivity contribution in [3.05, 3.63) is 39.6 Å². The van der Waals surface area contributed by atoms with Crippen molar-refractivity contribution in [2.75, 3.05) is 0 Å². The van der Waals surface area contributed by atoms with Crippen molar-refractivity contribution in [3.63, 3.8) is 0 Å². The zero-order chi connectivity index (χ0) is 16.5. The van der Waals surface area contributed by atoms with Gasteiger partial charge in [0.25, 0.3) is 5.69 Å². The second-order valence-electron chi connectivity index (χ2n) is 5.99. The van der Waals surface area contributed by atoms with Gasteiger partial charge in [-0.05, 0) is 11.5 Å². The van der Waals surface area contributed by atoms with Gasteiger partial charge in [0.2, 0.25) is 0 Å². The molecule has 0 amide bonds. The lowest BCUT2D eigenvalue weighted by Crippen LogP contribution is -2.26. The fourth-order valence-electron chi connectivity index (χ4n) is 2.31. The zero-order valence-electron chi connectivity index (χ0n) is 12.2. The predicted molar refractivity (Wildman–Crippen MR) is 80.6 cm³/mol. The van der Waals surface area contributed by atoms with Gasteiger partial charge in [-0.2, -0.15) is 0 Å². The minimum Gasteiger partial charge on any atom is -0.511 e. The number of allylic oxidation sites excluding steroid dienone is 2. The second kappa shape index (κ2) is 5.59. The number of nitro benzene ring substituents is 1. The number of Topliss-reactive ketones (excluding diaryl/α,β-unsaturated/α-hetero) is 1. The fourth-order valence-corrected chi connectivity index (χ4v) is 2.31. The monoisotopic (exact) mass is 304 g/mol. The second-order valence-corrected chi connectivity index (χ2v) is 5.99. The average molecular weight is 304 g/mol. The van der Waals surface area contributed by atoms with E-state index in [4.69, 9.17) is 0 Å². The maximum absolute atomic E-state index is 12.0. The minimum absolute atomic E-state index is 0.0351. The van der Waals surface area contributed by atoms with Crippen LogP contribution in [0.4, 0.5) is 11.4 Å². The van der Waals surface area contributed by atoms with Gasteiger partial charge in [0.1, 0.15) is 17.2 Å². The first-order valence-corrected chi connectivity index (χ1v) is 6.66. The molecule has 2 rings (SSSR count). The number of aliphatic hydroxyl groups excluding tert-OH is 1. The van der Waals surface area contributed by atoms with E-state index in [0.29, 0.717) is 6.42 Å². The van der Waals surface area contributed by atoms with E-state index < -0.39 is 4.92 Å². The number of ketones is 1. The zero-order valence-corrected chi connectivity index (χ0v) is 12.2. The number of carbonyl (C=O) groups excluding carboxylic acids is 1. The Bertz CT molecular complexity index is 704. The van der Waals surface area contributed by atoms with Crippen LogP contribution in [0.5, 0.6) is 5.75 Å². The third-order valence-electron chi connectivity index (χ3n) is 3.40. The molecule has 2 N–H and O–H groups in total. The summed E-state index contributed by atoms with van der Waals surface area (Å²) in [5.41, 5.74) is -0.497. The van der Waals surface area contributed by atoms with Gasteiger partial charge in [-0.3, -0.25) is 19.9 Å². The summed E-state index contributed by atoms with van der Waals surface area (Å²) < 4.78 is 0. The fraction of sp³-hybridized carbons (Fsp3) is 0.333. The molecule has 0 bridgehead atoms. The Balaban J connectivity index is 2.34. The van der Waals surface area contributed by atoms with Crippen LogP contribution in [0.2, 0.25) is 0 Å². The van der Waals surface area contributed by atoms with E-state index in [0.717, 1.165) is 24.4 Å². The van der Waals surface area contributed by atoms with Crippen LogP contribution in [0, 0.1) is 15.5 Å². The third-order valence-corrected chi connectivity index (χ3v) is 3.40. The first-order chi connectivity index (χ1) is 10.2. The van der Waals surface area contributed by atoms with Crippen molar-refractivity contribution in [1.82, 2.24) is 0 Å². The Kier molecular flexibility index (Phi) is 3.99. The minimum atomic E-state index is -0.608. The number of nitro groups is 1. The number of phenols is 1. The van der Waals surface area contributed by atoms with Crippen LogP contribution in [0.3, 0.4) is 0 Å². The number of carbonyl (C=O) groups is 1. The van der Waals surface area contributed by atoms with Crippen molar-refractivity contribution >= 4 is 23.4 Å². The number of hydrogen-bond acceptors (Lipinski definition) is 6. The highest BCUT2D eigenvalue weighted by Crippen LogP contribution is 2.36. The number of rotatable bonds is 3. The molecule has 1 aromatic carbocycles. The molecule has 0 fully saturated rings. The van der Waals surface area contributed by atoms with Crippen LogP contribution in [0.25, 0.3) is 0 Å². The van der Waals surface area contributed by atoms with Crippen LogP contribution >= 0.6 is 0 Å². The summed E-state index contributed by atoms with van der Waals surface area (Å²) in [4.78, 5) is 26.0. The summed E-state index contributed by atoms with van der Waals surface area (Å²) >= 11 is 0. The number of non-ortho nitro benzene ring substituents is 1. The summed E-state index contributed by atoms with van der Waals surface area (Å²) in [7, 11) is 0. The van der Waals surface area contributed by atoms with Gasteiger partial charge in [0.15, 0.2) is 5.78 Å². The summed E-state index contributed by atoms with van der Waals surface area (Å²) in [6.45, 7) is 3.75. The molecule has 0 unspecified atom stereocenters. The van der Waals surface area contributed by atoms with Gasteiger partial charge in [0.05, 0.1) is 10.5 Å². The van der Waals surface area contributed by atoms with Crippen molar-refractivity contribution in [3.8, 4) is 5.75 Å². The highest BCUT2D eigenvalue weighted by Gasteiger charge is 2.32. The predicted octanol–water partition coefficient (Wildman–Crippen LogP) is 3.20. The molecule has 7 nitrogen and oxygen atoms in total. The maximum Gasteiger partial charge on any atom is 0.271 e. The summed E-state index contributed by atoms with van der Waals surface area (Å²) in [5, 5.41) is 30.3. The number of aliphatic imine (C=N–C) groups is 1. The van der Waals surface area contributed by atoms with Crippen LogP contribution in [-0.4, -0.2) is 27.1 Å². The molecule has 0 heterocycles. The molecular formula is C15H16N2O5. The smallest absolute Gasteiger partial charge is 0.271 e. The molecule has 116 valence electrons. The molecule has 0 saturated carbocycles. The van der Waals surface area contributed by atoms with Crippen LogP contribution in [0.1, 0.15) is 26.7 Å². The van der Waals surface area contributed by atoms with Crippen molar-refractivity contribution in [1.29, 1.82) is 0 Å². The molecule has 1 aliphatic carbocycles. The maximum atomic E-state index is 12.0. The van der Waals surface area contributed by atoms with Crippen LogP contribution < -0.4 is 0 Å². The van der Waals surface area contributed by atoms with E-state index in [1.165, 1.54) is 0 Å². The number of hydrogen-bond donors (Lipinski definition) is 2. The molecule has 0 aliphatic heterocycles. The van der Waals surface area contributed by atoms with E-state index in [9.17, 15) is 25.1 Å². The van der Waals surface area contributed by atoms with Gasteiger partial charge in [0, 0.05) is 31.2 Å². The molecule has 0 aromatic heterocycles. The molecule has 0 atom stereocenters. The largest absolute Gasteiger partial charge is 0.511 e. The van der Waals surface area contributed by atoms with Crippen molar-refractivity contribution in [2.24, 2.45) is 10.4 Å². The standard InChI is InChI=1S/C15H16N2O5/c1-15(2)6-13(19)10(14(20)7-15)8-16-11-5-9(17(21)22)3-4-12(11)18/h3-5,8,18-19H,6-7H2,1-2H3. The lowest BCUT2D eigenvalue weighted by molar-refractivity contribution is -0.384. The first kappa shape index (κ1) is 15.7. The number of aliphatic hydroxyl groups is 1. The van der Waals surface area contributed by atoms with Gasteiger partial charge in [-0.1, -0.05) is 13.8 Å². The molecular weight excluding hydrogens is 288 g/mol. The SMILES string of the molecule is CC1(C)CC(=O)C(C=Nc2cc([N+](=O)[O-])ccc2O)=C(O)C1. The van der Waals surface area contributed by atoms with E-state index in [1.54, 1.807) is 0 Å². The number of aromatic hydroxyl groups is 1. The Morgan fingerprint density at radius 3 is 2.59 bits per heavy atom. The first-order valence-electron chi connectivity index (χ1n) is 6.66. The molecule has 1 aliphatic rings. The third kappa shape index (κ3) is 3.30. The molecule has 1 aromatic rings. The van der Waals surface area contributed by atoms with Gasteiger partial charge in [-0.15, -0.1) is 0 Å². The van der Waals surface area contributed by atoms with Crippen LogP contribution in [-0.2, 0) is 4.79 Å². The van der Waals surface area contributed by atoms with E-state index in [1.807, 2.05) is 13.8 Å². The molecule has 0 radical (unpaired) electrons. The highest BCUT2D eigenvalue weighted by molar-refractivity contribution is 6.15. The lowest BCUT2D eigenvalue weighted by atomic mass is 9.77. The Morgan fingerprint density at radius 2 is 2.00 bits per heavy atom. The summed E-state index contributed by atoms with van der Waals surface area (Å²) in [6.07, 6.45) is 1.77. The normalized spacial score (nSPS) is 18.0. The molecule has 0 spiro atoms. The van der Waals surface area contributed by atoms with Gasteiger partial charge in [-0.25, -0.2) is 0 Å². The quantitative estimate of drug-likeness (QED) is 0.505. The Morgan fingerprint density at radius 1 is 1.32 bits per heavy atom. The van der Waals surface area contributed by atoms with Gasteiger partial charge < -0.3 is 10.2 Å². The highest BCUT2D eigenvalue weighted by atomic mass is 16.6. The van der Waals surface area contributed by atoms with Gasteiger partial charge >= 0.3 is 0 Å².